The second-order valence-electron chi connectivity index (χ2n) is 6.82. The molecule has 0 atom stereocenters. The number of nitrogen functional groups attached to an aromatic ring is 1. The van der Waals surface area contributed by atoms with Crippen molar-refractivity contribution in [1.82, 2.24) is 9.97 Å². The number of rotatable bonds is 6. The molecule has 1 aromatic heterocycles. The lowest BCUT2D eigenvalue weighted by atomic mass is 10.2. The molecule has 0 spiro atoms. The second-order valence-corrected chi connectivity index (χ2v) is 6.82. The molecule has 1 aliphatic rings. The van der Waals surface area contributed by atoms with Crippen LogP contribution in [0.3, 0.4) is 0 Å². The number of ether oxygens (including phenoxy) is 1. The molecule has 1 aliphatic heterocycles. The van der Waals surface area contributed by atoms with Crippen LogP contribution < -0.4 is 25.6 Å². The summed E-state index contributed by atoms with van der Waals surface area (Å²) >= 11 is 0. The highest BCUT2D eigenvalue weighted by atomic mass is 16.5. The summed E-state index contributed by atoms with van der Waals surface area (Å²) in [6.07, 6.45) is 1.56. The van der Waals surface area contributed by atoms with Gasteiger partial charge in [-0.2, -0.15) is 0 Å². The Hall–Kier alpha value is -3.48. The fraction of sp³-hybridized carbons (Fsp3) is 0.273. The molecule has 0 unspecified atom stereocenters. The quantitative estimate of drug-likeness (QED) is 0.666. The van der Waals surface area contributed by atoms with Crippen LogP contribution in [0.15, 0.2) is 60.9 Å². The minimum Gasteiger partial charge on any atom is -0.492 e. The van der Waals surface area contributed by atoms with Crippen molar-refractivity contribution in [3.8, 4) is 5.75 Å². The van der Waals surface area contributed by atoms with Gasteiger partial charge in [0.2, 0.25) is 0 Å². The highest BCUT2D eigenvalue weighted by molar-refractivity contribution is 5.79. The van der Waals surface area contributed by atoms with Crippen LogP contribution in [0.25, 0.3) is 0 Å². The molecule has 7 heteroatoms. The van der Waals surface area contributed by atoms with Gasteiger partial charge in [0.1, 0.15) is 17.8 Å². The van der Waals surface area contributed by atoms with E-state index in [2.05, 4.69) is 49.4 Å². The summed E-state index contributed by atoms with van der Waals surface area (Å²) in [5.74, 6) is 2.13. The lowest BCUT2D eigenvalue weighted by Crippen LogP contribution is -2.47. The molecule has 29 heavy (non-hydrogen) atoms. The Morgan fingerprint density at radius 3 is 2.38 bits per heavy atom. The van der Waals surface area contributed by atoms with Crippen LogP contribution in [0, 0.1) is 0 Å². The summed E-state index contributed by atoms with van der Waals surface area (Å²) in [4.78, 5) is 13.4. The monoisotopic (exact) mass is 390 g/mol. The Bertz CT molecular complexity index is 941. The van der Waals surface area contributed by atoms with Gasteiger partial charge in [0.25, 0.3) is 0 Å². The predicted octanol–water partition coefficient (Wildman–Crippen LogP) is 3.53. The van der Waals surface area contributed by atoms with Crippen molar-refractivity contribution in [1.29, 1.82) is 0 Å². The lowest BCUT2D eigenvalue weighted by Gasteiger charge is -2.37. The zero-order valence-electron chi connectivity index (χ0n) is 16.6. The molecule has 0 amide bonds. The highest BCUT2D eigenvalue weighted by Gasteiger charge is 2.21. The third-order valence-electron chi connectivity index (χ3n) is 5.00. The van der Waals surface area contributed by atoms with Gasteiger partial charge in [-0.25, -0.2) is 9.97 Å². The molecular weight excluding hydrogens is 364 g/mol. The van der Waals surface area contributed by atoms with E-state index in [9.17, 15) is 0 Å². The molecule has 0 saturated carbocycles. The van der Waals surface area contributed by atoms with Crippen molar-refractivity contribution >= 4 is 28.7 Å². The number of aromatic nitrogens is 2. The summed E-state index contributed by atoms with van der Waals surface area (Å²) in [5.41, 5.74) is 9.08. The second kappa shape index (κ2) is 8.68. The maximum atomic E-state index is 6.45. The van der Waals surface area contributed by atoms with E-state index in [-0.39, 0.29) is 0 Å². The molecule has 2 aromatic carbocycles. The molecule has 0 radical (unpaired) electrons. The first-order valence-corrected chi connectivity index (χ1v) is 9.90. The van der Waals surface area contributed by atoms with Gasteiger partial charge in [0.05, 0.1) is 12.3 Å². The van der Waals surface area contributed by atoms with E-state index in [4.69, 9.17) is 10.5 Å². The van der Waals surface area contributed by atoms with Gasteiger partial charge < -0.3 is 25.6 Å². The van der Waals surface area contributed by atoms with Gasteiger partial charge in [-0.1, -0.05) is 30.3 Å². The van der Waals surface area contributed by atoms with Crippen LogP contribution in [-0.2, 0) is 0 Å². The van der Waals surface area contributed by atoms with Gasteiger partial charge in [0, 0.05) is 31.9 Å². The fourth-order valence-electron chi connectivity index (χ4n) is 3.53. The number of nitrogens with two attached hydrogens (primary N) is 1. The van der Waals surface area contributed by atoms with Crippen molar-refractivity contribution < 1.29 is 4.74 Å². The van der Waals surface area contributed by atoms with E-state index in [1.54, 1.807) is 6.33 Å². The van der Waals surface area contributed by atoms with E-state index in [0.717, 1.165) is 43.4 Å². The number of para-hydroxylation sites is 3. The minimum atomic E-state index is 0.548. The summed E-state index contributed by atoms with van der Waals surface area (Å²) in [7, 11) is 0. The molecule has 7 nitrogen and oxygen atoms in total. The molecule has 3 aromatic rings. The zero-order chi connectivity index (χ0) is 20.1. The summed E-state index contributed by atoms with van der Waals surface area (Å²) in [6.45, 7) is 6.10. The third-order valence-corrected chi connectivity index (χ3v) is 5.00. The van der Waals surface area contributed by atoms with Crippen LogP contribution >= 0.6 is 0 Å². The maximum absolute atomic E-state index is 6.45. The third kappa shape index (κ3) is 4.18. The normalized spacial score (nSPS) is 14.0. The largest absolute Gasteiger partial charge is 0.492 e. The standard InChI is InChI=1S/C22H26N6O/c1-2-29-19-11-7-6-10-18(19)26-21-20(23)22(25-16-24-21)28-14-12-27(13-15-28)17-8-4-3-5-9-17/h3-11,16H,2,12-15,23H2,1H3,(H,24,25,26). The van der Waals surface area contributed by atoms with Crippen molar-refractivity contribution in [2.45, 2.75) is 6.92 Å². The first-order chi connectivity index (χ1) is 14.3. The lowest BCUT2D eigenvalue weighted by molar-refractivity contribution is 0.342. The number of nitrogens with one attached hydrogen (secondary N) is 1. The zero-order valence-corrected chi connectivity index (χ0v) is 16.6. The topological polar surface area (TPSA) is 79.5 Å². The summed E-state index contributed by atoms with van der Waals surface area (Å²) in [5, 5.41) is 3.30. The number of nitrogens with zero attached hydrogens (tertiary/aromatic N) is 4. The molecule has 4 rings (SSSR count). The number of hydrogen-bond donors (Lipinski definition) is 2. The number of piperazine rings is 1. The highest BCUT2D eigenvalue weighted by Crippen LogP contribution is 2.33. The van der Waals surface area contributed by atoms with Crippen LogP contribution in [0.4, 0.5) is 28.7 Å². The van der Waals surface area contributed by atoms with Crippen LogP contribution in [0.2, 0.25) is 0 Å². The van der Waals surface area contributed by atoms with Gasteiger partial charge in [-0.05, 0) is 31.2 Å². The maximum Gasteiger partial charge on any atom is 0.159 e. The smallest absolute Gasteiger partial charge is 0.159 e. The molecular formula is C22H26N6O. The van der Waals surface area contributed by atoms with E-state index >= 15 is 0 Å². The van der Waals surface area contributed by atoms with E-state index in [0.29, 0.717) is 18.1 Å². The number of hydrogen-bond acceptors (Lipinski definition) is 7. The van der Waals surface area contributed by atoms with E-state index < -0.39 is 0 Å². The van der Waals surface area contributed by atoms with Gasteiger partial charge in [-0.3, -0.25) is 0 Å². The van der Waals surface area contributed by atoms with Crippen LogP contribution in [0.1, 0.15) is 6.92 Å². The SMILES string of the molecule is CCOc1ccccc1Nc1ncnc(N2CCN(c3ccccc3)CC2)c1N. The fourth-order valence-corrected chi connectivity index (χ4v) is 3.53. The van der Waals surface area contributed by atoms with E-state index in [1.165, 1.54) is 5.69 Å². The van der Waals surface area contributed by atoms with E-state index in [1.807, 2.05) is 37.3 Å². The molecule has 0 bridgehead atoms. The summed E-state index contributed by atoms with van der Waals surface area (Å²) in [6, 6.07) is 18.2. The molecule has 1 saturated heterocycles. The first kappa shape index (κ1) is 18.9. The predicted molar refractivity (Wildman–Crippen MR) is 118 cm³/mol. The number of benzene rings is 2. The Morgan fingerprint density at radius 2 is 1.62 bits per heavy atom. The average Bonchev–Trinajstić information content (AvgIpc) is 2.77. The van der Waals surface area contributed by atoms with Crippen molar-refractivity contribution in [2.24, 2.45) is 0 Å². The molecule has 0 aliphatic carbocycles. The Kier molecular flexibility index (Phi) is 5.65. The van der Waals surface area contributed by atoms with Crippen molar-refractivity contribution in [3.63, 3.8) is 0 Å². The van der Waals surface area contributed by atoms with Crippen molar-refractivity contribution in [2.75, 3.05) is 53.6 Å². The van der Waals surface area contributed by atoms with Crippen LogP contribution in [0.5, 0.6) is 5.75 Å². The molecule has 3 N–H and O–H groups in total. The van der Waals surface area contributed by atoms with Gasteiger partial charge in [-0.15, -0.1) is 0 Å². The minimum absolute atomic E-state index is 0.548. The van der Waals surface area contributed by atoms with Crippen molar-refractivity contribution in [3.05, 3.63) is 60.9 Å². The Morgan fingerprint density at radius 1 is 0.931 bits per heavy atom. The molecule has 1 fully saturated rings. The van der Waals surface area contributed by atoms with Gasteiger partial charge >= 0.3 is 0 Å². The molecule has 2 heterocycles. The summed E-state index contributed by atoms with van der Waals surface area (Å²) < 4.78 is 5.69. The first-order valence-electron chi connectivity index (χ1n) is 9.90. The Labute approximate surface area is 171 Å². The van der Waals surface area contributed by atoms with Crippen LogP contribution in [-0.4, -0.2) is 42.8 Å². The van der Waals surface area contributed by atoms with Gasteiger partial charge in [0.15, 0.2) is 11.6 Å². The Balaban J connectivity index is 1.49. The average molecular weight is 390 g/mol. The number of anilines is 5. The molecule has 150 valence electrons.